The first-order valence-electron chi connectivity index (χ1n) is 9.03. The van der Waals surface area contributed by atoms with Gasteiger partial charge in [-0.2, -0.15) is 0 Å². The van der Waals surface area contributed by atoms with E-state index in [1.54, 1.807) is 51.5 Å². The van der Waals surface area contributed by atoms with E-state index in [4.69, 9.17) is 4.74 Å². The van der Waals surface area contributed by atoms with Crippen LogP contribution in [0.3, 0.4) is 0 Å². The molecule has 0 spiro atoms. The van der Waals surface area contributed by atoms with E-state index in [0.717, 1.165) is 16.9 Å². The normalized spacial score (nSPS) is 10.3. The number of amides is 2. The number of likely N-dealkylation sites (N-methyl/N-ethyl adjacent to an activating group) is 1. The van der Waals surface area contributed by atoms with Crippen LogP contribution in [-0.2, 0) is 11.2 Å². The Morgan fingerprint density at radius 1 is 1.00 bits per heavy atom. The van der Waals surface area contributed by atoms with Gasteiger partial charge in [0.2, 0.25) is 5.91 Å². The molecule has 0 bridgehead atoms. The Morgan fingerprint density at radius 2 is 1.69 bits per heavy atom. The van der Waals surface area contributed by atoms with Crippen LogP contribution in [0.2, 0.25) is 0 Å². The number of nitrogens with zero attached hydrogens (tertiary/aromatic N) is 3. The number of carbonyl (C=O) groups is 2. The van der Waals surface area contributed by atoms with Crippen molar-refractivity contribution in [1.29, 1.82) is 0 Å². The molecule has 1 aromatic heterocycles. The van der Waals surface area contributed by atoms with Gasteiger partial charge in [0.05, 0.1) is 19.2 Å². The van der Waals surface area contributed by atoms with E-state index >= 15 is 0 Å². The summed E-state index contributed by atoms with van der Waals surface area (Å²) in [4.78, 5) is 34.2. The Kier molecular flexibility index (Phi) is 6.19. The fourth-order valence-electron chi connectivity index (χ4n) is 2.64. The molecule has 7 nitrogen and oxygen atoms in total. The molecule has 0 aliphatic heterocycles. The molecule has 0 saturated heterocycles. The van der Waals surface area contributed by atoms with Gasteiger partial charge < -0.3 is 15.0 Å². The number of methoxy groups -OCH3 is 1. The highest BCUT2D eigenvalue weighted by Crippen LogP contribution is 2.22. The molecule has 3 rings (SSSR count). The van der Waals surface area contributed by atoms with E-state index in [2.05, 4.69) is 15.3 Å². The molecule has 1 heterocycles. The summed E-state index contributed by atoms with van der Waals surface area (Å²) in [5, 5.41) is 2.78. The summed E-state index contributed by atoms with van der Waals surface area (Å²) in [6.45, 7) is 0. The first kappa shape index (κ1) is 20.0. The maximum atomic E-state index is 12.5. The molecule has 0 atom stereocenters. The molecular formula is C22H22N4O3. The minimum Gasteiger partial charge on any atom is -0.497 e. The quantitative estimate of drug-likeness (QED) is 0.699. The van der Waals surface area contributed by atoms with E-state index in [-0.39, 0.29) is 11.8 Å². The molecule has 2 aromatic carbocycles. The first-order chi connectivity index (χ1) is 14.0. The van der Waals surface area contributed by atoms with E-state index in [0.29, 0.717) is 23.5 Å². The third-order valence-corrected chi connectivity index (χ3v) is 4.36. The summed E-state index contributed by atoms with van der Waals surface area (Å²) < 4.78 is 5.16. The van der Waals surface area contributed by atoms with Crippen LogP contribution in [0.1, 0.15) is 15.9 Å². The van der Waals surface area contributed by atoms with Crippen LogP contribution < -0.4 is 10.1 Å². The number of benzene rings is 2. The highest BCUT2D eigenvalue weighted by Gasteiger charge is 2.10. The molecule has 0 fully saturated rings. The summed E-state index contributed by atoms with van der Waals surface area (Å²) >= 11 is 0. The smallest absolute Gasteiger partial charge is 0.256 e. The van der Waals surface area contributed by atoms with Crippen LogP contribution in [0, 0.1) is 0 Å². The van der Waals surface area contributed by atoms with E-state index in [1.165, 1.54) is 11.2 Å². The summed E-state index contributed by atoms with van der Waals surface area (Å²) in [5.74, 6) is 0.888. The van der Waals surface area contributed by atoms with Crippen LogP contribution in [0.5, 0.6) is 5.75 Å². The van der Waals surface area contributed by atoms with Crippen molar-refractivity contribution in [2.75, 3.05) is 26.5 Å². The van der Waals surface area contributed by atoms with Gasteiger partial charge >= 0.3 is 0 Å². The molecule has 0 aliphatic carbocycles. The van der Waals surface area contributed by atoms with Crippen molar-refractivity contribution < 1.29 is 14.3 Å². The number of aromatic nitrogens is 2. The van der Waals surface area contributed by atoms with Gasteiger partial charge in [0.15, 0.2) is 0 Å². The molecular weight excluding hydrogens is 368 g/mol. The standard InChI is InChI=1S/C22H22N4O3/c1-26(2)21(27)12-15-4-6-17(7-5-15)22(28)25-20-13-19(23-14-24-20)16-8-10-18(29-3)11-9-16/h4-11,13-14H,12H2,1-3H3,(H,23,24,25,28). The summed E-state index contributed by atoms with van der Waals surface area (Å²) in [6.07, 6.45) is 1.71. The van der Waals surface area contributed by atoms with Gasteiger partial charge in [-0.05, 0) is 42.0 Å². The molecule has 1 N–H and O–H groups in total. The maximum Gasteiger partial charge on any atom is 0.256 e. The molecule has 148 valence electrons. The minimum atomic E-state index is -0.283. The lowest BCUT2D eigenvalue weighted by atomic mass is 10.1. The number of hydrogen-bond donors (Lipinski definition) is 1. The topological polar surface area (TPSA) is 84.4 Å². The molecule has 29 heavy (non-hydrogen) atoms. The summed E-state index contributed by atoms with van der Waals surface area (Å²) in [7, 11) is 5.04. The molecule has 7 heteroatoms. The first-order valence-corrected chi connectivity index (χ1v) is 9.03. The molecule has 0 radical (unpaired) electrons. The number of rotatable bonds is 6. The monoisotopic (exact) mass is 390 g/mol. The Hall–Kier alpha value is -3.74. The van der Waals surface area contributed by atoms with Crippen molar-refractivity contribution in [3.8, 4) is 17.0 Å². The summed E-state index contributed by atoms with van der Waals surface area (Å²) in [6, 6.07) is 16.1. The van der Waals surface area contributed by atoms with Gasteiger partial charge in [-0.3, -0.25) is 9.59 Å². The SMILES string of the molecule is COc1ccc(-c2cc(NC(=O)c3ccc(CC(=O)N(C)C)cc3)ncn2)cc1. The average Bonchev–Trinajstić information content (AvgIpc) is 2.74. The zero-order valence-electron chi connectivity index (χ0n) is 16.5. The van der Waals surface area contributed by atoms with Crippen LogP contribution in [0.15, 0.2) is 60.9 Å². The molecule has 3 aromatic rings. The zero-order chi connectivity index (χ0) is 20.8. The second kappa shape index (κ2) is 8.97. The Morgan fingerprint density at radius 3 is 2.31 bits per heavy atom. The molecule has 0 unspecified atom stereocenters. The highest BCUT2D eigenvalue weighted by molar-refractivity contribution is 6.04. The van der Waals surface area contributed by atoms with Crippen molar-refractivity contribution in [1.82, 2.24) is 14.9 Å². The average molecular weight is 390 g/mol. The van der Waals surface area contributed by atoms with Gasteiger partial charge in [0.25, 0.3) is 5.91 Å². The van der Waals surface area contributed by atoms with Gasteiger partial charge in [0, 0.05) is 31.3 Å². The van der Waals surface area contributed by atoms with Crippen molar-refractivity contribution in [3.05, 3.63) is 72.1 Å². The maximum absolute atomic E-state index is 12.5. The summed E-state index contributed by atoms with van der Waals surface area (Å²) in [5.41, 5.74) is 2.91. The largest absolute Gasteiger partial charge is 0.497 e. The molecule has 2 amide bonds. The Bertz CT molecular complexity index is 999. The lowest BCUT2D eigenvalue weighted by Crippen LogP contribution is -2.23. The lowest BCUT2D eigenvalue weighted by Gasteiger charge is -2.10. The van der Waals surface area contributed by atoms with Crippen LogP contribution in [0.4, 0.5) is 5.82 Å². The van der Waals surface area contributed by atoms with Crippen LogP contribution in [-0.4, -0.2) is 47.9 Å². The van der Waals surface area contributed by atoms with E-state index in [1.807, 2.05) is 24.3 Å². The van der Waals surface area contributed by atoms with Crippen LogP contribution >= 0.6 is 0 Å². The van der Waals surface area contributed by atoms with Crippen molar-refractivity contribution in [2.24, 2.45) is 0 Å². The van der Waals surface area contributed by atoms with Crippen LogP contribution in [0.25, 0.3) is 11.3 Å². The molecule has 0 aliphatic rings. The van der Waals surface area contributed by atoms with E-state index in [9.17, 15) is 9.59 Å². The minimum absolute atomic E-state index is 0.00856. The Labute approximate surface area is 169 Å². The fourth-order valence-corrected chi connectivity index (χ4v) is 2.64. The second-order valence-electron chi connectivity index (χ2n) is 6.63. The lowest BCUT2D eigenvalue weighted by molar-refractivity contribution is -0.127. The predicted molar refractivity (Wildman–Crippen MR) is 111 cm³/mol. The third-order valence-electron chi connectivity index (χ3n) is 4.36. The predicted octanol–water partition coefficient (Wildman–Crippen LogP) is 3.04. The Balaban J connectivity index is 1.69. The van der Waals surface area contributed by atoms with E-state index < -0.39 is 0 Å². The van der Waals surface area contributed by atoms with Gasteiger partial charge in [0.1, 0.15) is 17.9 Å². The zero-order valence-corrected chi connectivity index (χ0v) is 16.5. The van der Waals surface area contributed by atoms with Crippen molar-refractivity contribution in [2.45, 2.75) is 6.42 Å². The van der Waals surface area contributed by atoms with Gasteiger partial charge in [-0.1, -0.05) is 12.1 Å². The number of ether oxygens (including phenoxy) is 1. The fraction of sp³-hybridized carbons (Fsp3) is 0.182. The van der Waals surface area contributed by atoms with Gasteiger partial charge in [-0.25, -0.2) is 9.97 Å². The van der Waals surface area contributed by atoms with Gasteiger partial charge in [-0.15, -0.1) is 0 Å². The number of carbonyl (C=O) groups excluding carboxylic acids is 2. The second-order valence-corrected chi connectivity index (χ2v) is 6.63. The number of nitrogens with one attached hydrogen (secondary N) is 1. The molecule has 0 saturated carbocycles. The van der Waals surface area contributed by atoms with Crippen molar-refractivity contribution in [3.63, 3.8) is 0 Å². The number of hydrogen-bond acceptors (Lipinski definition) is 5. The third kappa shape index (κ3) is 5.16. The number of anilines is 1. The highest BCUT2D eigenvalue weighted by atomic mass is 16.5. The van der Waals surface area contributed by atoms with Crippen molar-refractivity contribution >= 4 is 17.6 Å².